The highest BCUT2D eigenvalue weighted by atomic mass is 16.2. The van der Waals surface area contributed by atoms with Gasteiger partial charge in [0.05, 0.1) is 0 Å². The standard InChI is InChI=1S/C24H31N5O3/c1-24(2,3)23(32)28-21-20(25-13-14-26-21)22(31)27-18-11-15-29(16-12-18)19(30)10-9-17-7-5-4-6-8-17/h4-8,13-14,18H,9-12,15-16H2,1-3H3,(H,27,31)(H,26,28,32). The normalized spacial score (nSPS) is 14.7. The van der Waals surface area contributed by atoms with Crippen LogP contribution in [0.25, 0.3) is 0 Å². The van der Waals surface area contributed by atoms with Gasteiger partial charge in [0.15, 0.2) is 11.5 Å². The van der Waals surface area contributed by atoms with E-state index in [4.69, 9.17) is 0 Å². The predicted molar refractivity (Wildman–Crippen MR) is 122 cm³/mol. The molecule has 1 aliphatic rings. The van der Waals surface area contributed by atoms with E-state index in [9.17, 15) is 14.4 Å². The number of carbonyl (C=O) groups excluding carboxylic acids is 3. The molecule has 170 valence electrons. The highest BCUT2D eigenvalue weighted by Gasteiger charge is 2.27. The summed E-state index contributed by atoms with van der Waals surface area (Å²) in [5.74, 6) is -0.330. The van der Waals surface area contributed by atoms with Gasteiger partial charge in [0.25, 0.3) is 5.91 Å². The van der Waals surface area contributed by atoms with Crippen molar-refractivity contribution < 1.29 is 14.4 Å². The van der Waals surface area contributed by atoms with Crippen LogP contribution in [-0.2, 0) is 16.0 Å². The summed E-state index contributed by atoms with van der Waals surface area (Å²) in [4.78, 5) is 47.7. The van der Waals surface area contributed by atoms with Gasteiger partial charge in [-0.1, -0.05) is 51.1 Å². The fourth-order valence-electron chi connectivity index (χ4n) is 3.47. The van der Waals surface area contributed by atoms with Gasteiger partial charge in [0.1, 0.15) is 0 Å². The molecule has 0 spiro atoms. The first-order valence-electron chi connectivity index (χ1n) is 11.0. The Labute approximate surface area is 188 Å². The minimum Gasteiger partial charge on any atom is -0.348 e. The minimum atomic E-state index is -0.620. The molecule has 8 nitrogen and oxygen atoms in total. The van der Waals surface area contributed by atoms with Gasteiger partial charge in [-0.15, -0.1) is 0 Å². The Balaban J connectivity index is 1.50. The molecule has 3 amide bonds. The van der Waals surface area contributed by atoms with Crippen molar-refractivity contribution in [2.24, 2.45) is 5.41 Å². The number of carbonyl (C=O) groups is 3. The van der Waals surface area contributed by atoms with Crippen LogP contribution >= 0.6 is 0 Å². The molecule has 2 heterocycles. The molecule has 1 fully saturated rings. The van der Waals surface area contributed by atoms with Gasteiger partial charge in [0.2, 0.25) is 11.8 Å². The number of hydrogen-bond donors (Lipinski definition) is 2. The highest BCUT2D eigenvalue weighted by molar-refractivity contribution is 6.02. The molecule has 0 unspecified atom stereocenters. The molecule has 0 atom stereocenters. The molecule has 1 aromatic carbocycles. The van der Waals surface area contributed by atoms with Crippen LogP contribution in [-0.4, -0.2) is 51.7 Å². The number of hydrogen-bond acceptors (Lipinski definition) is 5. The molecule has 0 bridgehead atoms. The maximum atomic E-state index is 12.8. The third kappa shape index (κ3) is 6.35. The number of nitrogens with zero attached hydrogens (tertiary/aromatic N) is 3. The molecular formula is C24H31N5O3. The summed E-state index contributed by atoms with van der Waals surface area (Å²) in [5.41, 5.74) is 0.623. The van der Waals surface area contributed by atoms with Crippen molar-refractivity contribution in [3.63, 3.8) is 0 Å². The van der Waals surface area contributed by atoms with Crippen molar-refractivity contribution in [1.29, 1.82) is 0 Å². The van der Waals surface area contributed by atoms with E-state index in [1.54, 1.807) is 20.8 Å². The molecule has 8 heteroatoms. The zero-order chi connectivity index (χ0) is 23.1. The third-order valence-corrected chi connectivity index (χ3v) is 5.48. The molecule has 0 aliphatic carbocycles. The second kappa shape index (κ2) is 10.3. The summed E-state index contributed by atoms with van der Waals surface area (Å²) in [6.45, 7) is 6.56. The summed E-state index contributed by atoms with van der Waals surface area (Å²) >= 11 is 0. The van der Waals surface area contributed by atoms with Crippen LogP contribution in [0.1, 0.15) is 56.1 Å². The number of aromatic nitrogens is 2. The van der Waals surface area contributed by atoms with Crippen LogP contribution < -0.4 is 10.6 Å². The predicted octanol–water partition coefficient (Wildman–Crippen LogP) is 2.81. The summed E-state index contributed by atoms with van der Waals surface area (Å²) in [7, 11) is 0. The third-order valence-electron chi connectivity index (χ3n) is 5.48. The largest absolute Gasteiger partial charge is 0.348 e. The number of amides is 3. The van der Waals surface area contributed by atoms with Gasteiger partial charge in [0, 0.05) is 43.4 Å². The van der Waals surface area contributed by atoms with Crippen molar-refractivity contribution in [2.45, 2.75) is 52.5 Å². The van der Waals surface area contributed by atoms with E-state index >= 15 is 0 Å². The average molecular weight is 438 g/mol. The second-order valence-corrected chi connectivity index (χ2v) is 9.07. The van der Waals surface area contributed by atoms with Crippen molar-refractivity contribution in [1.82, 2.24) is 20.2 Å². The lowest BCUT2D eigenvalue weighted by molar-refractivity contribution is -0.132. The molecule has 1 saturated heterocycles. The first-order chi connectivity index (χ1) is 15.2. The summed E-state index contributed by atoms with van der Waals surface area (Å²) < 4.78 is 0. The van der Waals surface area contributed by atoms with E-state index in [-0.39, 0.29) is 35.3 Å². The topological polar surface area (TPSA) is 104 Å². The quantitative estimate of drug-likeness (QED) is 0.723. The van der Waals surface area contributed by atoms with Gasteiger partial charge in [-0.05, 0) is 24.8 Å². The van der Waals surface area contributed by atoms with Gasteiger partial charge in [-0.25, -0.2) is 9.97 Å². The summed E-state index contributed by atoms with van der Waals surface area (Å²) in [6, 6.07) is 9.91. The number of anilines is 1. The maximum Gasteiger partial charge on any atom is 0.273 e. The number of rotatable bonds is 6. The Morgan fingerprint density at radius 2 is 1.69 bits per heavy atom. The molecule has 2 aromatic rings. The molecule has 2 N–H and O–H groups in total. The summed E-state index contributed by atoms with van der Waals surface area (Å²) in [5, 5.41) is 5.67. The fraction of sp³-hybridized carbons (Fsp3) is 0.458. The second-order valence-electron chi connectivity index (χ2n) is 9.07. The Morgan fingerprint density at radius 1 is 1.03 bits per heavy atom. The van der Waals surface area contributed by atoms with E-state index in [1.165, 1.54) is 12.4 Å². The van der Waals surface area contributed by atoms with Gasteiger partial charge in [-0.3, -0.25) is 14.4 Å². The van der Waals surface area contributed by atoms with Crippen LogP contribution in [0.5, 0.6) is 0 Å². The number of aryl methyl sites for hydroxylation is 1. The van der Waals surface area contributed by atoms with Crippen LogP contribution in [0.15, 0.2) is 42.7 Å². The number of piperidine rings is 1. The van der Waals surface area contributed by atoms with E-state index in [0.717, 1.165) is 12.0 Å². The smallest absolute Gasteiger partial charge is 0.273 e. The Bertz CT molecular complexity index is 948. The van der Waals surface area contributed by atoms with Gasteiger partial charge in [-0.2, -0.15) is 0 Å². The van der Waals surface area contributed by atoms with E-state index in [1.807, 2.05) is 35.2 Å². The monoisotopic (exact) mass is 437 g/mol. The van der Waals surface area contributed by atoms with Gasteiger partial charge < -0.3 is 15.5 Å². The zero-order valence-electron chi connectivity index (χ0n) is 18.9. The molecule has 0 saturated carbocycles. The van der Waals surface area contributed by atoms with Crippen molar-refractivity contribution in [2.75, 3.05) is 18.4 Å². The maximum absolute atomic E-state index is 12.8. The first-order valence-corrected chi connectivity index (χ1v) is 11.0. The van der Waals surface area contributed by atoms with Crippen LogP contribution in [0, 0.1) is 5.41 Å². The zero-order valence-corrected chi connectivity index (χ0v) is 18.9. The average Bonchev–Trinajstić information content (AvgIpc) is 2.78. The lowest BCUT2D eigenvalue weighted by atomic mass is 9.96. The molecule has 0 radical (unpaired) electrons. The van der Waals surface area contributed by atoms with Crippen molar-refractivity contribution in [3.05, 3.63) is 54.0 Å². The lowest BCUT2D eigenvalue weighted by Crippen LogP contribution is -2.47. The highest BCUT2D eigenvalue weighted by Crippen LogP contribution is 2.19. The van der Waals surface area contributed by atoms with E-state index < -0.39 is 5.41 Å². The summed E-state index contributed by atoms with van der Waals surface area (Å²) in [6.07, 6.45) is 5.42. The Morgan fingerprint density at radius 3 is 2.34 bits per heavy atom. The van der Waals surface area contributed by atoms with Crippen LogP contribution in [0.2, 0.25) is 0 Å². The molecular weight excluding hydrogens is 406 g/mol. The first kappa shape index (κ1) is 23.4. The van der Waals surface area contributed by atoms with Crippen molar-refractivity contribution >= 4 is 23.5 Å². The number of benzene rings is 1. The van der Waals surface area contributed by atoms with Crippen LogP contribution in [0.3, 0.4) is 0 Å². The molecule has 3 rings (SSSR count). The Kier molecular flexibility index (Phi) is 7.56. The minimum absolute atomic E-state index is 0.0613. The van der Waals surface area contributed by atoms with Crippen LogP contribution in [0.4, 0.5) is 5.82 Å². The van der Waals surface area contributed by atoms with Crippen molar-refractivity contribution in [3.8, 4) is 0 Å². The Hall–Kier alpha value is -3.29. The molecule has 1 aromatic heterocycles. The number of nitrogens with one attached hydrogen (secondary N) is 2. The SMILES string of the molecule is CC(C)(C)C(=O)Nc1nccnc1C(=O)NC1CCN(C(=O)CCc2ccccc2)CC1. The lowest BCUT2D eigenvalue weighted by Gasteiger charge is -2.32. The van der Waals surface area contributed by atoms with Gasteiger partial charge >= 0.3 is 0 Å². The van der Waals surface area contributed by atoms with E-state index in [2.05, 4.69) is 20.6 Å². The fourth-order valence-corrected chi connectivity index (χ4v) is 3.47. The molecule has 32 heavy (non-hydrogen) atoms. The number of likely N-dealkylation sites (tertiary alicyclic amines) is 1. The van der Waals surface area contributed by atoms with E-state index in [0.29, 0.717) is 32.4 Å². The molecule has 1 aliphatic heterocycles.